The summed E-state index contributed by atoms with van der Waals surface area (Å²) < 4.78 is 18.9. The van der Waals surface area contributed by atoms with Crippen LogP contribution in [0.15, 0.2) is 12.1 Å². The fourth-order valence-electron chi connectivity index (χ4n) is 2.29. The lowest BCUT2D eigenvalue weighted by Crippen LogP contribution is -2.31. The number of rotatable bonds is 4. The summed E-state index contributed by atoms with van der Waals surface area (Å²) in [4.78, 5) is 0. The van der Waals surface area contributed by atoms with Crippen LogP contribution in [0, 0.1) is 11.7 Å². The van der Waals surface area contributed by atoms with Crippen LogP contribution in [0.4, 0.5) is 4.39 Å². The minimum absolute atomic E-state index is 0.0128. The van der Waals surface area contributed by atoms with Gasteiger partial charge in [0.1, 0.15) is 5.82 Å². The molecular weight excluding hydrogens is 288 g/mol. The first kappa shape index (κ1) is 15.0. The number of hydrogen-bond donors (Lipinski definition) is 1. The van der Waals surface area contributed by atoms with Gasteiger partial charge < -0.3 is 10.1 Å². The molecule has 1 aromatic carbocycles. The lowest BCUT2D eigenvalue weighted by molar-refractivity contribution is 0.0540. The number of nitrogens with one attached hydrogen (secondary N) is 1. The normalized spacial score (nSPS) is 21.4. The van der Waals surface area contributed by atoms with Crippen LogP contribution in [0.1, 0.15) is 31.4 Å². The van der Waals surface area contributed by atoms with Gasteiger partial charge in [-0.1, -0.05) is 23.2 Å². The molecule has 1 aliphatic heterocycles. The van der Waals surface area contributed by atoms with E-state index in [1.54, 1.807) is 0 Å². The summed E-state index contributed by atoms with van der Waals surface area (Å²) in [5.41, 5.74) is 0.736. The van der Waals surface area contributed by atoms with E-state index in [4.69, 9.17) is 27.9 Å². The molecule has 1 fully saturated rings. The highest BCUT2D eigenvalue weighted by Gasteiger charge is 2.17. The van der Waals surface area contributed by atoms with Crippen molar-refractivity contribution in [2.45, 2.75) is 25.8 Å². The highest BCUT2D eigenvalue weighted by molar-refractivity contribution is 6.35. The van der Waals surface area contributed by atoms with Crippen LogP contribution in [-0.4, -0.2) is 19.8 Å². The van der Waals surface area contributed by atoms with Crippen LogP contribution in [-0.2, 0) is 4.74 Å². The van der Waals surface area contributed by atoms with Crippen molar-refractivity contribution in [1.82, 2.24) is 5.32 Å². The standard InChI is InChI=1S/C14H18Cl2FNO/c1-9(18-7-10-3-2-4-19-8-10)11-5-14(17)13(16)6-12(11)15/h5-6,9-10,18H,2-4,7-8H2,1H3. The average Bonchev–Trinajstić information content (AvgIpc) is 2.41. The summed E-state index contributed by atoms with van der Waals surface area (Å²) in [6, 6.07) is 2.84. The molecule has 0 aliphatic carbocycles. The molecule has 1 aromatic rings. The van der Waals surface area contributed by atoms with Crippen molar-refractivity contribution in [1.29, 1.82) is 0 Å². The van der Waals surface area contributed by atoms with E-state index < -0.39 is 5.82 Å². The van der Waals surface area contributed by atoms with Crippen LogP contribution < -0.4 is 5.32 Å². The smallest absolute Gasteiger partial charge is 0.142 e. The molecule has 0 radical (unpaired) electrons. The highest BCUT2D eigenvalue weighted by Crippen LogP contribution is 2.28. The van der Waals surface area contributed by atoms with E-state index in [1.165, 1.54) is 18.6 Å². The van der Waals surface area contributed by atoms with Gasteiger partial charge in [0.25, 0.3) is 0 Å². The third kappa shape index (κ3) is 4.06. The zero-order valence-corrected chi connectivity index (χ0v) is 12.4. The molecule has 0 aromatic heterocycles. The Morgan fingerprint density at radius 2 is 2.21 bits per heavy atom. The minimum atomic E-state index is -0.435. The molecule has 2 atom stereocenters. The zero-order chi connectivity index (χ0) is 13.8. The molecule has 1 heterocycles. The molecule has 0 amide bonds. The Kier molecular flexibility index (Phi) is 5.46. The van der Waals surface area contributed by atoms with Gasteiger partial charge in [0, 0.05) is 24.2 Å². The molecule has 0 spiro atoms. The summed E-state index contributed by atoms with van der Waals surface area (Å²) in [6.45, 7) is 4.47. The van der Waals surface area contributed by atoms with Crippen molar-refractivity contribution in [2.75, 3.05) is 19.8 Å². The Morgan fingerprint density at radius 3 is 2.89 bits per heavy atom. The Balaban J connectivity index is 1.95. The van der Waals surface area contributed by atoms with Gasteiger partial charge >= 0.3 is 0 Å². The predicted octanol–water partition coefficient (Wildman–Crippen LogP) is 4.21. The van der Waals surface area contributed by atoms with Gasteiger partial charge in [-0.25, -0.2) is 4.39 Å². The molecule has 0 bridgehead atoms. The second kappa shape index (κ2) is 6.89. The summed E-state index contributed by atoms with van der Waals surface area (Å²) >= 11 is 11.8. The molecule has 2 unspecified atom stereocenters. The molecule has 1 N–H and O–H groups in total. The maximum atomic E-state index is 13.5. The second-order valence-corrected chi connectivity index (χ2v) is 5.82. The first-order valence-electron chi connectivity index (χ1n) is 6.53. The zero-order valence-electron chi connectivity index (χ0n) is 10.9. The van der Waals surface area contributed by atoms with Crippen LogP contribution in [0.2, 0.25) is 10.0 Å². The fraction of sp³-hybridized carbons (Fsp3) is 0.571. The largest absolute Gasteiger partial charge is 0.381 e. The molecule has 1 saturated heterocycles. The number of halogens is 3. The molecular formula is C14H18Cl2FNO. The van der Waals surface area contributed by atoms with Crippen molar-refractivity contribution in [3.63, 3.8) is 0 Å². The van der Waals surface area contributed by atoms with E-state index in [0.29, 0.717) is 10.9 Å². The van der Waals surface area contributed by atoms with Gasteiger partial charge in [0.15, 0.2) is 0 Å². The monoisotopic (exact) mass is 305 g/mol. The molecule has 1 aliphatic rings. The van der Waals surface area contributed by atoms with Crippen molar-refractivity contribution < 1.29 is 9.13 Å². The maximum absolute atomic E-state index is 13.5. The van der Waals surface area contributed by atoms with Crippen LogP contribution in [0.25, 0.3) is 0 Å². The number of ether oxygens (including phenoxy) is 1. The summed E-state index contributed by atoms with van der Waals surface area (Å²) in [6.07, 6.45) is 2.28. The van der Waals surface area contributed by atoms with Gasteiger partial charge in [-0.3, -0.25) is 0 Å². The van der Waals surface area contributed by atoms with Crippen molar-refractivity contribution in [3.8, 4) is 0 Å². The van der Waals surface area contributed by atoms with Crippen LogP contribution >= 0.6 is 23.2 Å². The first-order valence-corrected chi connectivity index (χ1v) is 7.29. The van der Waals surface area contributed by atoms with E-state index in [1.807, 2.05) is 6.92 Å². The lowest BCUT2D eigenvalue weighted by Gasteiger charge is -2.24. The average molecular weight is 306 g/mol. The van der Waals surface area contributed by atoms with E-state index in [0.717, 1.165) is 31.7 Å². The lowest BCUT2D eigenvalue weighted by atomic mass is 10.0. The van der Waals surface area contributed by atoms with Gasteiger partial charge in [0.05, 0.1) is 11.6 Å². The van der Waals surface area contributed by atoms with E-state index in [-0.39, 0.29) is 11.1 Å². The maximum Gasteiger partial charge on any atom is 0.142 e. The SMILES string of the molecule is CC(NCC1CCCOC1)c1cc(F)c(Cl)cc1Cl. The molecule has 19 heavy (non-hydrogen) atoms. The van der Waals surface area contributed by atoms with Gasteiger partial charge in [0.2, 0.25) is 0 Å². The molecule has 5 heteroatoms. The third-order valence-corrected chi connectivity index (χ3v) is 4.09. The first-order chi connectivity index (χ1) is 9.08. The second-order valence-electron chi connectivity index (χ2n) is 5.00. The fourth-order valence-corrected chi connectivity index (χ4v) is 2.84. The van der Waals surface area contributed by atoms with Gasteiger partial charge in [-0.05, 0) is 43.4 Å². The predicted molar refractivity (Wildman–Crippen MR) is 76.4 cm³/mol. The van der Waals surface area contributed by atoms with Crippen LogP contribution in [0.3, 0.4) is 0 Å². The van der Waals surface area contributed by atoms with E-state index in [2.05, 4.69) is 5.32 Å². The Bertz CT molecular complexity index is 436. The highest BCUT2D eigenvalue weighted by atomic mass is 35.5. The number of benzene rings is 1. The topological polar surface area (TPSA) is 21.3 Å². The summed E-state index contributed by atoms with van der Waals surface area (Å²) in [5.74, 6) is 0.0860. The Morgan fingerprint density at radius 1 is 1.42 bits per heavy atom. The van der Waals surface area contributed by atoms with Gasteiger partial charge in [-0.15, -0.1) is 0 Å². The van der Waals surface area contributed by atoms with Crippen molar-refractivity contribution in [2.24, 2.45) is 5.92 Å². The molecule has 106 valence electrons. The molecule has 2 rings (SSSR count). The van der Waals surface area contributed by atoms with E-state index in [9.17, 15) is 4.39 Å². The van der Waals surface area contributed by atoms with E-state index >= 15 is 0 Å². The van der Waals surface area contributed by atoms with Crippen LogP contribution in [0.5, 0.6) is 0 Å². The molecule has 0 saturated carbocycles. The number of hydrogen-bond acceptors (Lipinski definition) is 2. The van der Waals surface area contributed by atoms with Crippen molar-refractivity contribution >= 4 is 23.2 Å². The Labute approximate surface area is 123 Å². The minimum Gasteiger partial charge on any atom is -0.381 e. The van der Waals surface area contributed by atoms with Gasteiger partial charge in [-0.2, -0.15) is 0 Å². The summed E-state index contributed by atoms with van der Waals surface area (Å²) in [5, 5.41) is 3.93. The third-order valence-electron chi connectivity index (χ3n) is 3.47. The molecule has 2 nitrogen and oxygen atoms in total. The van der Waals surface area contributed by atoms with Crippen molar-refractivity contribution in [3.05, 3.63) is 33.6 Å². The Hall–Kier alpha value is -0.350. The quantitative estimate of drug-likeness (QED) is 0.841. The summed E-state index contributed by atoms with van der Waals surface area (Å²) in [7, 11) is 0.